The van der Waals surface area contributed by atoms with Gasteiger partial charge in [-0.3, -0.25) is 4.79 Å². The highest BCUT2D eigenvalue weighted by Gasteiger charge is 2.31. The van der Waals surface area contributed by atoms with Crippen molar-refractivity contribution in [1.29, 1.82) is 0 Å². The van der Waals surface area contributed by atoms with Gasteiger partial charge in [-0.25, -0.2) is 13.4 Å². The highest BCUT2D eigenvalue weighted by atomic mass is 32.2. The van der Waals surface area contributed by atoms with Gasteiger partial charge in [0.05, 0.1) is 10.6 Å². The quantitative estimate of drug-likeness (QED) is 0.600. The minimum atomic E-state index is -3.65. The van der Waals surface area contributed by atoms with Gasteiger partial charge in [0.2, 0.25) is 15.9 Å². The Bertz CT molecular complexity index is 1230. The number of nitrogens with zero attached hydrogens (tertiary/aromatic N) is 2. The molecule has 32 heavy (non-hydrogen) atoms. The van der Waals surface area contributed by atoms with Crippen molar-refractivity contribution in [2.24, 2.45) is 0 Å². The number of oxazole rings is 1. The van der Waals surface area contributed by atoms with Gasteiger partial charge in [-0.05, 0) is 70.0 Å². The molecule has 2 heterocycles. The summed E-state index contributed by atoms with van der Waals surface area (Å²) in [6.45, 7) is 6.16. The highest BCUT2D eigenvalue weighted by Crippen LogP contribution is 2.27. The molecule has 0 aliphatic carbocycles. The lowest BCUT2D eigenvalue weighted by Crippen LogP contribution is -2.41. The van der Waals surface area contributed by atoms with E-state index in [2.05, 4.69) is 10.3 Å². The number of sulfonamides is 1. The lowest BCUT2D eigenvalue weighted by Gasteiger charge is -2.32. The molecule has 1 N–H and O–H groups in total. The van der Waals surface area contributed by atoms with Crippen LogP contribution in [0.4, 0.5) is 5.69 Å². The van der Waals surface area contributed by atoms with Crippen molar-refractivity contribution >= 4 is 21.6 Å². The molecule has 1 amide bonds. The maximum Gasteiger partial charge on any atom is 0.255 e. The second kappa shape index (κ2) is 8.88. The summed E-state index contributed by atoms with van der Waals surface area (Å²) >= 11 is 0. The summed E-state index contributed by atoms with van der Waals surface area (Å²) in [6, 6.07) is 13.4. The molecule has 1 atom stereocenters. The van der Waals surface area contributed by atoms with Crippen LogP contribution in [0.2, 0.25) is 0 Å². The van der Waals surface area contributed by atoms with Gasteiger partial charge in [-0.2, -0.15) is 4.31 Å². The van der Waals surface area contributed by atoms with Crippen molar-refractivity contribution in [1.82, 2.24) is 9.29 Å². The van der Waals surface area contributed by atoms with Crippen molar-refractivity contribution in [3.63, 3.8) is 0 Å². The summed E-state index contributed by atoms with van der Waals surface area (Å²) in [5.74, 6) is 0.848. The van der Waals surface area contributed by atoms with Gasteiger partial charge in [0, 0.05) is 29.4 Å². The van der Waals surface area contributed by atoms with E-state index < -0.39 is 10.0 Å². The van der Waals surface area contributed by atoms with Gasteiger partial charge in [-0.1, -0.05) is 18.6 Å². The molecule has 1 aliphatic rings. The number of amides is 1. The fraction of sp³-hybridized carbons (Fsp3) is 0.333. The molecule has 1 saturated heterocycles. The van der Waals surface area contributed by atoms with E-state index in [1.165, 1.54) is 10.4 Å². The minimum Gasteiger partial charge on any atom is -0.441 e. The van der Waals surface area contributed by atoms with Crippen LogP contribution in [0.5, 0.6) is 0 Å². The average Bonchev–Trinajstić information content (AvgIpc) is 3.12. The van der Waals surface area contributed by atoms with Crippen molar-refractivity contribution in [2.75, 3.05) is 11.9 Å². The van der Waals surface area contributed by atoms with Crippen molar-refractivity contribution in [2.45, 2.75) is 51.0 Å². The van der Waals surface area contributed by atoms with E-state index in [0.29, 0.717) is 18.1 Å². The summed E-state index contributed by atoms with van der Waals surface area (Å²) in [5, 5.41) is 2.84. The topological polar surface area (TPSA) is 92.5 Å². The van der Waals surface area contributed by atoms with Gasteiger partial charge in [-0.15, -0.1) is 0 Å². The van der Waals surface area contributed by atoms with E-state index in [-0.39, 0.29) is 22.4 Å². The second-order valence-electron chi connectivity index (χ2n) is 8.18. The normalized spacial score (nSPS) is 17.3. The van der Waals surface area contributed by atoms with Crippen LogP contribution < -0.4 is 5.32 Å². The Balaban J connectivity index is 1.55. The largest absolute Gasteiger partial charge is 0.441 e. The molecule has 0 spiro atoms. The molecule has 168 valence electrons. The van der Waals surface area contributed by atoms with Crippen LogP contribution in [0, 0.1) is 13.8 Å². The molecule has 4 rings (SSSR count). The SMILES string of the molecule is Cc1nc(-c2cccc(NC(=O)c3cccc(S(=O)(=O)N4CCCCC4C)c3)c2)oc1C. The molecule has 7 nitrogen and oxygen atoms in total. The van der Waals surface area contributed by atoms with Crippen molar-refractivity contribution in [3.05, 3.63) is 65.5 Å². The summed E-state index contributed by atoms with van der Waals surface area (Å²) in [7, 11) is -3.65. The smallest absolute Gasteiger partial charge is 0.255 e. The zero-order valence-corrected chi connectivity index (χ0v) is 19.3. The maximum absolute atomic E-state index is 13.1. The summed E-state index contributed by atoms with van der Waals surface area (Å²) in [6.07, 6.45) is 2.73. The number of carbonyl (C=O) groups is 1. The van der Waals surface area contributed by atoms with Gasteiger partial charge in [0.25, 0.3) is 5.91 Å². The molecule has 0 saturated carbocycles. The third kappa shape index (κ3) is 4.47. The maximum atomic E-state index is 13.1. The number of carbonyl (C=O) groups excluding carboxylic acids is 1. The number of rotatable bonds is 5. The Labute approximate surface area is 188 Å². The molecule has 1 aliphatic heterocycles. The third-order valence-electron chi connectivity index (χ3n) is 5.84. The number of aryl methyl sites for hydroxylation is 2. The Morgan fingerprint density at radius 1 is 1.12 bits per heavy atom. The van der Waals surface area contributed by atoms with E-state index in [0.717, 1.165) is 36.3 Å². The number of piperidine rings is 1. The number of hydrogen-bond donors (Lipinski definition) is 1. The van der Waals surface area contributed by atoms with Crippen LogP contribution in [0.15, 0.2) is 57.8 Å². The Hall–Kier alpha value is -2.97. The van der Waals surface area contributed by atoms with Crippen molar-refractivity contribution < 1.29 is 17.6 Å². The summed E-state index contributed by atoms with van der Waals surface area (Å²) < 4.78 is 33.5. The average molecular weight is 454 g/mol. The molecule has 8 heteroatoms. The molecule has 1 aromatic heterocycles. The first kappa shape index (κ1) is 22.2. The number of anilines is 1. The molecule has 0 radical (unpaired) electrons. The van der Waals surface area contributed by atoms with Gasteiger partial charge >= 0.3 is 0 Å². The first-order valence-electron chi connectivity index (χ1n) is 10.7. The Morgan fingerprint density at radius 3 is 2.62 bits per heavy atom. The number of aromatic nitrogens is 1. The third-order valence-corrected chi connectivity index (χ3v) is 7.85. The monoisotopic (exact) mass is 453 g/mol. The highest BCUT2D eigenvalue weighted by molar-refractivity contribution is 7.89. The van der Waals surface area contributed by atoms with Crippen LogP contribution in [-0.4, -0.2) is 36.2 Å². The Morgan fingerprint density at radius 2 is 1.91 bits per heavy atom. The number of benzene rings is 2. The minimum absolute atomic E-state index is 0.0449. The molecule has 3 aromatic rings. The van der Waals surface area contributed by atoms with E-state index in [1.54, 1.807) is 36.4 Å². The van der Waals surface area contributed by atoms with Crippen LogP contribution in [0.1, 0.15) is 48.0 Å². The van der Waals surface area contributed by atoms with Crippen molar-refractivity contribution in [3.8, 4) is 11.5 Å². The molecular formula is C24H27N3O4S. The van der Waals surface area contributed by atoms with Gasteiger partial charge in [0.1, 0.15) is 5.76 Å². The van der Waals surface area contributed by atoms with Crippen LogP contribution in [0.3, 0.4) is 0 Å². The number of hydrogen-bond acceptors (Lipinski definition) is 5. The fourth-order valence-electron chi connectivity index (χ4n) is 3.89. The van der Waals surface area contributed by atoms with E-state index in [4.69, 9.17) is 4.42 Å². The predicted octanol–water partition coefficient (Wildman–Crippen LogP) is 4.77. The van der Waals surface area contributed by atoms with E-state index >= 15 is 0 Å². The first-order chi connectivity index (χ1) is 15.3. The van der Waals surface area contributed by atoms with Crippen LogP contribution >= 0.6 is 0 Å². The molecular weight excluding hydrogens is 426 g/mol. The molecule has 0 bridgehead atoms. The summed E-state index contributed by atoms with van der Waals surface area (Å²) in [5.41, 5.74) is 2.41. The van der Waals surface area contributed by atoms with Gasteiger partial charge in [0.15, 0.2) is 0 Å². The molecule has 2 aromatic carbocycles. The van der Waals surface area contributed by atoms with Gasteiger partial charge < -0.3 is 9.73 Å². The lowest BCUT2D eigenvalue weighted by atomic mass is 10.1. The fourth-order valence-corrected chi connectivity index (χ4v) is 5.64. The number of nitrogens with one attached hydrogen (secondary N) is 1. The predicted molar refractivity (Wildman–Crippen MR) is 123 cm³/mol. The first-order valence-corrected chi connectivity index (χ1v) is 12.2. The zero-order chi connectivity index (χ0) is 22.9. The van der Waals surface area contributed by atoms with Crippen LogP contribution in [0.25, 0.3) is 11.5 Å². The standard InChI is InChI=1S/C24H27N3O4S/c1-16-8-4-5-13-27(16)32(29,30)22-12-7-9-19(15-22)23(28)26-21-11-6-10-20(14-21)24-25-17(2)18(3)31-24/h6-7,9-12,14-16H,4-5,8,13H2,1-3H3,(H,26,28). The Kier molecular flexibility index (Phi) is 6.17. The summed E-state index contributed by atoms with van der Waals surface area (Å²) in [4.78, 5) is 17.4. The zero-order valence-electron chi connectivity index (χ0n) is 18.5. The molecule has 1 unspecified atom stereocenters. The van der Waals surface area contributed by atoms with E-state index in [1.807, 2.05) is 26.8 Å². The van der Waals surface area contributed by atoms with Crippen LogP contribution in [-0.2, 0) is 10.0 Å². The lowest BCUT2D eigenvalue weighted by molar-refractivity contribution is 0.102. The molecule has 1 fully saturated rings. The second-order valence-corrected chi connectivity index (χ2v) is 10.1. The van der Waals surface area contributed by atoms with E-state index in [9.17, 15) is 13.2 Å².